The van der Waals surface area contributed by atoms with Gasteiger partial charge < -0.3 is 10.0 Å². The van der Waals surface area contributed by atoms with Gasteiger partial charge in [-0.25, -0.2) is 17.9 Å². The Morgan fingerprint density at radius 2 is 1.46 bits per heavy atom. The van der Waals surface area contributed by atoms with Crippen molar-refractivity contribution < 1.29 is 36.3 Å². The number of carboxylic acid groups (broad SMARTS) is 1. The molecule has 1 atom stereocenters. The van der Waals surface area contributed by atoms with E-state index in [0.717, 1.165) is 54.1 Å². The van der Waals surface area contributed by atoms with E-state index >= 15 is 0 Å². The van der Waals surface area contributed by atoms with Crippen LogP contribution in [0, 0.1) is 0 Å². The number of carbonyl (C=O) groups excluding carboxylic acids is 1. The van der Waals surface area contributed by atoms with Crippen molar-refractivity contribution in [2.75, 3.05) is 6.54 Å². The molecule has 0 spiro atoms. The third-order valence-electron chi connectivity index (χ3n) is 6.88. The van der Waals surface area contributed by atoms with Gasteiger partial charge in [0.25, 0.3) is 0 Å². The number of rotatable bonds is 18. The van der Waals surface area contributed by atoms with Gasteiger partial charge in [-0.05, 0) is 42.7 Å². The molecule has 2 N–H and O–H groups in total. The molecule has 0 fully saturated rings. The van der Waals surface area contributed by atoms with Crippen molar-refractivity contribution in [1.82, 2.24) is 9.62 Å². The molecular weight excluding hydrogens is 577 g/mol. The molecule has 0 aliphatic carbocycles. The van der Waals surface area contributed by atoms with Crippen LogP contribution < -0.4 is 4.72 Å². The Bertz CT molecular complexity index is 1200. The number of carboxylic acids is 1. The van der Waals surface area contributed by atoms with Crippen LogP contribution in [-0.2, 0) is 32.3 Å². The van der Waals surface area contributed by atoms with Gasteiger partial charge in [-0.2, -0.15) is 13.2 Å². The number of halogens is 3. The molecule has 12 heteroatoms. The van der Waals surface area contributed by atoms with Crippen LogP contribution in [0.5, 0.6) is 0 Å². The zero-order valence-electron chi connectivity index (χ0n) is 23.7. The minimum absolute atomic E-state index is 0.0462. The SMILES string of the molecule is CCCCCCCCCCCCNS(=O)(=O)c1ccc(CN(C(=O)C(=O)O)C(CC)c2ccc(C(F)(F)F)cc2)s1. The lowest BCUT2D eigenvalue weighted by Crippen LogP contribution is -2.38. The largest absolute Gasteiger partial charge is 0.474 e. The average molecular weight is 619 g/mol. The second kappa shape index (κ2) is 16.9. The lowest BCUT2D eigenvalue weighted by Gasteiger charge is -2.30. The Labute approximate surface area is 245 Å². The molecule has 1 aromatic carbocycles. The number of hydrogen-bond acceptors (Lipinski definition) is 5. The predicted octanol–water partition coefficient (Wildman–Crippen LogP) is 7.53. The minimum Gasteiger partial charge on any atom is -0.474 e. The van der Waals surface area contributed by atoms with Gasteiger partial charge in [-0.3, -0.25) is 4.79 Å². The maximum absolute atomic E-state index is 13.0. The van der Waals surface area contributed by atoms with Crippen molar-refractivity contribution in [1.29, 1.82) is 0 Å². The first-order valence-corrected chi connectivity index (χ1v) is 16.5. The van der Waals surface area contributed by atoms with E-state index in [1.54, 1.807) is 6.92 Å². The van der Waals surface area contributed by atoms with Crippen LogP contribution in [0.4, 0.5) is 13.2 Å². The average Bonchev–Trinajstić information content (AvgIpc) is 3.40. The summed E-state index contributed by atoms with van der Waals surface area (Å²) >= 11 is 0.923. The summed E-state index contributed by atoms with van der Waals surface area (Å²) in [6.07, 6.45) is 7.08. The van der Waals surface area contributed by atoms with E-state index in [1.165, 1.54) is 62.8 Å². The number of thiophene rings is 1. The summed E-state index contributed by atoms with van der Waals surface area (Å²) in [6, 6.07) is 6.32. The van der Waals surface area contributed by atoms with E-state index in [-0.39, 0.29) is 17.2 Å². The van der Waals surface area contributed by atoms with Gasteiger partial charge in [0.15, 0.2) is 0 Å². The summed E-state index contributed by atoms with van der Waals surface area (Å²) in [5.41, 5.74) is -0.511. The molecular formula is C29H41F3N2O5S2. The Kier molecular flexibility index (Phi) is 14.3. The van der Waals surface area contributed by atoms with Gasteiger partial charge in [0.05, 0.1) is 18.2 Å². The molecule has 1 heterocycles. The smallest absolute Gasteiger partial charge is 0.416 e. The van der Waals surface area contributed by atoms with Crippen LogP contribution in [0.2, 0.25) is 0 Å². The third kappa shape index (κ3) is 11.4. The molecule has 41 heavy (non-hydrogen) atoms. The highest BCUT2D eigenvalue weighted by atomic mass is 32.2. The molecule has 0 radical (unpaired) electrons. The third-order valence-corrected chi connectivity index (χ3v) is 9.90. The lowest BCUT2D eigenvalue weighted by molar-refractivity contribution is -0.157. The number of aliphatic carboxylic acids is 1. The summed E-state index contributed by atoms with van der Waals surface area (Å²) in [5, 5.41) is 9.40. The minimum atomic E-state index is -4.53. The number of amides is 1. The van der Waals surface area contributed by atoms with E-state index in [4.69, 9.17) is 0 Å². The molecule has 230 valence electrons. The van der Waals surface area contributed by atoms with Crippen LogP contribution in [0.25, 0.3) is 0 Å². The Morgan fingerprint density at radius 3 is 1.98 bits per heavy atom. The summed E-state index contributed by atoms with van der Waals surface area (Å²) in [7, 11) is -3.78. The number of alkyl halides is 3. The Morgan fingerprint density at radius 1 is 0.902 bits per heavy atom. The monoisotopic (exact) mass is 618 g/mol. The highest BCUT2D eigenvalue weighted by Gasteiger charge is 2.32. The number of nitrogens with one attached hydrogen (secondary N) is 1. The molecule has 0 saturated carbocycles. The maximum Gasteiger partial charge on any atom is 0.416 e. The van der Waals surface area contributed by atoms with Crippen molar-refractivity contribution in [3.8, 4) is 0 Å². The fraction of sp³-hybridized carbons (Fsp3) is 0.586. The highest BCUT2D eigenvalue weighted by molar-refractivity contribution is 7.91. The zero-order valence-corrected chi connectivity index (χ0v) is 25.3. The maximum atomic E-state index is 13.0. The second-order valence-corrected chi connectivity index (χ2v) is 13.2. The van der Waals surface area contributed by atoms with E-state index in [0.29, 0.717) is 17.0 Å². The van der Waals surface area contributed by atoms with Gasteiger partial charge in [0, 0.05) is 11.4 Å². The van der Waals surface area contributed by atoms with E-state index < -0.39 is 39.7 Å². The number of benzene rings is 1. The van der Waals surface area contributed by atoms with Gasteiger partial charge in [0.2, 0.25) is 10.0 Å². The van der Waals surface area contributed by atoms with Gasteiger partial charge in [0.1, 0.15) is 4.21 Å². The van der Waals surface area contributed by atoms with Crippen molar-refractivity contribution in [3.05, 3.63) is 52.4 Å². The number of hydrogen-bond donors (Lipinski definition) is 2. The number of sulfonamides is 1. The van der Waals surface area contributed by atoms with Crippen LogP contribution in [0.1, 0.15) is 107 Å². The van der Waals surface area contributed by atoms with Crippen LogP contribution in [0.3, 0.4) is 0 Å². The quantitative estimate of drug-likeness (QED) is 0.133. The molecule has 2 aromatic rings. The van der Waals surface area contributed by atoms with Crippen LogP contribution in [0.15, 0.2) is 40.6 Å². The summed E-state index contributed by atoms with van der Waals surface area (Å²) in [4.78, 5) is 25.7. The van der Waals surface area contributed by atoms with Crippen LogP contribution in [-0.4, -0.2) is 36.8 Å². The highest BCUT2D eigenvalue weighted by Crippen LogP contribution is 2.33. The first kappa shape index (κ1) is 34.8. The molecule has 2 rings (SSSR count). The van der Waals surface area contributed by atoms with Gasteiger partial charge in [-0.1, -0.05) is 83.8 Å². The van der Waals surface area contributed by atoms with E-state index in [2.05, 4.69) is 11.6 Å². The van der Waals surface area contributed by atoms with Gasteiger partial charge >= 0.3 is 18.1 Å². The van der Waals surface area contributed by atoms with Gasteiger partial charge in [-0.15, -0.1) is 11.3 Å². The summed E-state index contributed by atoms with van der Waals surface area (Å²) in [5.74, 6) is -2.94. The molecule has 0 aliphatic heterocycles. The molecule has 7 nitrogen and oxygen atoms in total. The van der Waals surface area contributed by atoms with E-state index in [9.17, 15) is 36.3 Å². The van der Waals surface area contributed by atoms with Crippen LogP contribution >= 0.6 is 11.3 Å². The standard InChI is InChI=1S/C29H41F3N2O5S2/c1-3-5-6-7-8-9-10-11-12-13-20-33-41(38,39)26-19-18-24(40-26)21-34(27(35)28(36)37)25(4-2)22-14-16-23(17-15-22)29(30,31)32/h14-19,25,33H,3-13,20-21H2,1-2H3,(H,36,37). The first-order chi connectivity index (χ1) is 19.4. The zero-order chi connectivity index (χ0) is 30.5. The van der Waals surface area contributed by atoms with Crippen molar-refractivity contribution in [2.24, 2.45) is 0 Å². The molecule has 1 aromatic heterocycles. The first-order valence-electron chi connectivity index (χ1n) is 14.2. The normalized spacial score (nSPS) is 12.8. The second-order valence-electron chi connectivity index (χ2n) is 10.1. The van der Waals surface area contributed by atoms with Crippen molar-refractivity contribution >= 4 is 33.2 Å². The molecule has 0 bridgehead atoms. The summed E-state index contributed by atoms with van der Waals surface area (Å²) in [6.45, 7) is 3.98. The van der Waals surface area contributed by atoms with Crippen molar-refractivity contribution in [2.45, 2.75) is 107 Å². The van der Waals surface area contributed by atoms with Crippen molar-refractivity contribution in [3.63, 3.8) is 0 Å². The Balaban J connectivity index is 1.98. The number of unbranched alkanes of at least 4 members (excludes halogenated alkanes) is 9. The fourth-order valence-corrected chi connectivity index (χ4v) is 7.10. The lowest BCUT2D eigenvalue weighted by atomic mass is 10.0. The number of carbonyl (C=O) groups is 2. The number of nitrogens with zero attached hydrogens (tertiary/aromatic N) is 1. The van der Waals surface area contributed by atoms with E-state index in [1.807, 2.05) is 0 Å². The molecule has 1 unspecified atom stereocenters. The molecule has 1 amide bonds. The topological polar surface area (TPSA) is 104 Å². The summed E-state index contributed by atoms with van der Waals surface area (Å²) < 4.78 is 67.2. The Hall–Kier alpha value is -2.44. The molecule has 0 saturated heterocycles. The fourth-order valence-electron chi connectivity index (χ4n) is 4.62. The predicted molar refractivity (Wildman–Crippen MR) is 154 cm³/mol. The molecule has 0 aliphatic rings.